The zero-order valence-electron chi connectivity index (χ0n) is 19.4. The number of rotatable bonds is 4. The number of terminal acetylenes is 1. The summed E-state index contributed by atoms with van der Waals surface area (Å²) in [5, 5.41) is 18.6. The van der Waals surface area contributed by atoms with Crippen LogP contribution in [0.2, 0.25) is 0 Å². The maximum Gasteiger partial charge on any atom is 0.321 e. The Morgan fingerprint density at radius 2 is 2.09 bits per heavy atom. The molecule has 180 valence electrons. The fourth-order valence-electron chi connectivity index (χ4n) is 4.40. The molecule has 0 aliphatic carbocycles. The smallest absolute Gasteiger partial charge is 0.321 e. The lowest BCUT2D eigenvalue weighted by Gasteiger charge is -2.39. The van der Waals surface area contributed by atoms with Crippen molar-refractivity contribution < 1.29 is 14.4 Å². The highest BCUT2D eigenvalue weighted by atomic mass is 16.2. The number of nitrogens with one attached hydrogen (secondary N) is 3. The number of carbonyl (C=O) groups excluding carboxylic acids is 3. The third-order valence-corrected chi connectivity index (χ3v) is 6.25. The molecule has 3 aromatic heterocycles. The number of likely N-dealkylation sites (N-methyl/N-ethyl adjacent to an activating group) is 1. The highest BCUT2D eigenvalue weighted by molar-refractivity contribution is 6.40. The van der Waals surface area contributed by atoms with E-state index in [1.807, 2.05) is 16.8 Å². The van der Waals surface area contributed by atoms with E-state index in [0.29, 0.717) is 36.4 Å². The molecule has 35 heavy (non-hydrogen) atoms. The first-order valence-corrected chi connectivity index (χ1v) is 11.1. The van der Waals surface area contributed by atoms with Crippen LogP contribution in [-0.2, 0) is 9.59 Å². The minimum atomic E-state index is -0.821. The van der Waals surface area contributed by atoms with E-state index in [9.17, 15) is 14.4 Å². The van der Waals surface area contributed by atoms with Gasteiger partial charge in [-0.1, -0.05) is 12.8 Å². The van der Waals surface area contributed by atoms with Crippen LogP contribution >= 0.6 is 0 Å². The quantitative estimate of drug-likeness (QED) is 0.291. The molecule has 1 saturated heterocycles. The number of pyridine rings is 1. The zero-order valence-corrected chi connectivity index (χ0v) is 19.4. The second-order valence-corrected chi connectivity index (χ2v) is 8.37. The van der Waals surface area contributed by atoms with E-state index in [0.717, 1.165) is 10.9 Å². The number of H-pyrrole nitrogens is 1. The molecular formula is C23H25N9O3. The number of anilines is 1. The van der Waals surface area contributed by atoms with Crippen LogP contribution in [-0.4, -0.2) is 80.6 Å². The van der Waals surface area contributed by atoms with Crippen LogP contribution in [0, 0.1) is 29.6 Å². The first kappa shape index (κ1) is 23.6. The normalized spacial score (nSPS) is 17.5. The van der Waals surface area contributed by atoms with Gasteiger partial charge in [-0.05, 0) is 18.4 Å². The Morgan fingerprint density at radius 3 is 2.80 bits per heavy atom. The van der Waals surface area contributed by atoms with Crippen molar-refractivity contribution in [3.05, 3.63) is 18.5 Å². The van der Waals surface area contributed by atoms with Gasteiger partial charge in [0.2, 0.25) is 0 Å². The maximum absolute atomic E-state index is 13.1. The lowest BCUT2D eigenvalue weighted by atomic mass is 9.93. The van der Waals surface area contributed by atoms with Gasteiger partial charge < -0.3 is 20.4 Å². The second kappa shape index (κ2) is 9.73. The number of nitriles is 1. The van der Waals surface area contributed by atoms with Gasteiger partial charge in [0, 0.05) is 37.9 Å². The Hall–Kier alpha value is -4.58. The highest BCUT2D eigenvalue weighted by Gasteiger charge is 2.34. The summed E-state index contributed by atoms with van der Waals surface area (Å²) in [6, 6.07) is 3.32. The van der Waals surface area contributed by atoms with Crippen molar-refractivity contribution in [3.63, 3.8) is 0 Å². The molecule has 4 heterocycles. The first-order valence-electron chi connectivity index (χ1n) is 11.1. The summed E-state index contributed by atoms with van der Waals surface area (Å²) in [4.78, 5) is 48.9. The van der Waals surface area contributed by atoms with Crippen molar-refractivity contribution in [3.8, 4) is 18.4 Å². The first-order chi connectivity index (χ1) is 16.9. The summed E-state index contributed by atoms with van der Waals surface area (Å²) in [7, 11) is 1.38. The van der Waals surface area contributed by atoms with Crippen molar-refractivity contribution in [2.75, 3.05) is 38.5 Å². The van der Waals surface area contributed by atoms with Gasteiger partial charge in [0.05, 0.1) is 29.6 Å². The van der Waals surface area contributed by atoms with Gasteiger partial charge in [-0.25, -0.2) is 14.8 Å². The van der Waals surface area contributed by atoms with Crippen LogP contribution in [0.5, 0.6) is 0 Å². The molecule has 1 fully saturated rings. The summed E-state index contributed by atoms with van der Waals surface area (Å²) in [6.07, 6.45) is 9.35. The molecule has 2 atom stereocenters. The van der Waals surface area contributed by atoms with Crippen LogP contribution < -0.4 is 10.6 Å². The number of piperidine rings is 1. The molecule has 0 bridgehead atoms. The Bertz CT molecular complexity index is 1360. The number of likely N-dealkylation sites (tertiary alicyclic amines) is 1. The fourth-order valence-corrected chi connectivity index (χ4v) is 4.40. The summed E-state index contributed by atoms with van der Waals surface area (Å²) >= 11 is 0. The van der Waals surface area contributed by atoms with Crippen LogP contribution in [0.3, 0.4) is 0 Å². The zero-order chi connectivity index (χ0) is 25.1. The molecular weight excluding hydrogens is 450 g/mol. The van der Waals surface area contributed by atoms with E-state index >= 15 is 0 Å². The van der Waals surface area contributed by atoms with Crippen LogP contribution in [0.25, 0.3) is 21.9 Å². The number of amides is 4. The monoisotopic (exact) mass is 475 g/mol. The Labute approximate surface area is 201 Å². The Morgan fingerprint density at radius 1 is 1.29 bits per heavy atom. The van der Waals surface area contributed by atoms with Crippen LogP contribution in [0.15, 0.2) is 18.5 Å². The number of aromatic nitrogens is 4. The van der Waals surface area contributed by atoms with Crippen molar-refractivity contribution in [2.45, 2.75) is 19.4 Å². The Kier molecular flexibility index (Phi) is 6.55. The minimum Gasteiger partial charge on any atom is -0.351 e. The molecule has 0 unspecified atom stereocenters. The minimum absolute atomic E-state index is 0.0445. The van der Waals surface area contributed by atoms with Gasteiger partial charge in [-0.2, -0.15) is 5.26 Å². The van der Waals surface area contributed by atoms with E-state index in [1.165, 1.54) is 11.9 Å². The second-order valence-electron chi connectivity index (χ2n) is 8.37. The maximum atomic E-state index is 13.1. The molecule has 0 saturated carbocycles. The SMILES string of the molecule is C#CCN(CC#N)C(=O)N1CC[C@@H](C)[C@@H](n2[nH]c(NC(=O)C(=O)NC)c3cnc4nccc4c32)C1. The number of urea groups is 1. The third-order valence-electron chi connectivity index (χ3n) is 6.25. The van der Waals surface area contributed by atoms with E-state index in [2.05, 4.69) is 38.5 Å². The fraction of sp³-hybridized carbons (Fsp3) is 0.391. The number of hydrogen-bond donors (Lipinski definition) is 3. The number of carbonyl (C=O) groups is 3. The van der Waals surface area contributed by atoms with Crippen molar-refractivity contribution in [1.29, 1.82) is 5.26 Å². The largest absolute Gasteiger partial charge is 0.351 e. The van der Waals surface area contributed by atoms with Gasteiger partial charge in [-0.15, -0.1) is 6.42 Å². The van der Waals surface area contributed by atoms with E-state index < -0.39 is 11.8 Å². The highest BCUT2D eigenvalue weighted by Crippen LogP contribution is 2.35. The molecule has 12 nitrogen and oxygen atoms in total. The van der Waals surface area contributed by atoms with Gasteiger partial charge in [0.1, 0.15) is 12.4 Å². The van der Waals surface area contributed by atoms with Gasteiger partial charge in [0.15, 0.2) is 5.65 Å². The topological polar surface area (TPSA) is 152 Å². The summed E-state index contributed by atoms with van der Waals surface area (Å²) < 4.78 is 1.90. The molecule has 0 spiro atoms. The molecule has 12 heteroatoms. The van der Waals surface area contributed by atoms with Crippen LogP contribution in [0.1, 0.15) is 19.4 Å². The lowest BCUT2D eigenvalue weighted by molar-refractivity contribution is -0.135. The van der Waals surface area contributed by atoms with Crippen molar-refractivity contribution in [1.82, 2.24) is 34.9 Å². The molecule has 4 amide bonds. The van der Waals surface area contributed by atoms with Crippen molar-refractivity contribution in [2.24, 2.45) is 5.92 Å². The number of hydrogen-bond acceptors (Lipinski definition) is 6. The Balaban J connectivity index is 1.76. The average molecular weight is 476 g/mol. The molecule has 0 aromatic carbocycles. The lowest BCUT2D eigenvalue weighted by Crippen LogP contribution is -2.50. The standard InChI is InChI=1S/C23H25N9O3/c1-4-9-30(11-7-24)23(35)31-10-6-14(2)17(13-31)32-18-15-5-8-26-19(15)27-12-16(18)20(29-32)28-22(34)21(33)25-3/h1,5,8,12,14,17,29H,6,9-11,13H2,2-3H3,(H,25,33)(H,28,34)/t14-,17+/m1/s1. The van der Waals surface area contributed by atoms with Gasteiger partial charge in [0.25, 0.3) is 0 Å². The molecule has 1 aliphatic heterocycles. The van der Waals surface area contributed by atoms with Gasteiger partial charge in [-0.3, -0.25) is 19.4 Å². The molecule has 3 aromatic rings. The molecule has 0 radical (unpaired) electrons. The number of nitrogens with zero attached hydrogens (tertiary/aromatic N) is 6. The predicted molar refractivity (Wildman–Crippen MR) is 128 cm³/mol. The molecule has 1 aliphatic rings. The van der Waals surface area contributed by atoms with Crippen molar-refractivity contribution >= 4 is 45.6 Å². The van der Waals surface area contributed by atoms with E-state index in [4.69, 9.17) is 11.7 Å². The number of fused-ring (bicyclic) bond motifs is 3. The molecule has 3 N–H and O–H groups in total. The summed E-state index contributed by atoms with van der Waals surface area (Å²) in [5.74, 6) is 1.31. The van der Waals surface area contributed by atoms with E-state index in [-0.39, 0.29) is 31.1 Å². The summed E-state index contributed by atoms with van der Waals surface area (Å²) in [5.41, 5.74) is 1.29. The van der Waals surface area contributed by atoms with E-state index in [1.54, 1.807) is 17.3 Å². The number of aromatic amines is 1. The molecule has 4 rings (SSSR count). The third kappa shape index (κ3) is 4.34. The predicted octanol–water partition coefficient (Wildman–Crippen LogP) is 1.06. The average Bonchev–Trinajstić information content (AvgIpc) is 3.48. The van der Waals surface area contributed by atoms with Crippen LogP contribution in [0.4, 0.5) is 10.6 Å². The summed E-state index contributed by atoms with van der Waals surface area (Å²) in [6.45, 7) is 2.91. The van der Waals surface area contributed by atoms with Gasteiger partial charge >= 0.3 is 17.8 Å².